The van der Waals surface area contributed by atoms with Crippen molar-refractivity contribution < 1.29 is 4.79 Å². The SMILES string of the molecule is CN1CCN(C2CCN(Cc3nnnn3C3CC3)CC2)C1=O. The van der Waals surface area contributed by atoms with E-state index in [2.05, 4.69) is 20.4 Å². The van der Waals surface area contributed by atoms with Crippen molar-refractivity contribution in [2.75, 3.05) is 33.2 Å². The van der Waals surface area contributed by atoms with Gasteiger partial charge in [0.05, 0.1) is 12.6 Å². The number of hydrogen-bond donors (Lipinski definition) is 0. The Morgan fingerprint density at radius 3 is 2.45 bits per heavy atom. The van der Waals surface area contributed by atoms with Crippen molar-refractivity contribution in [2.24, 2.45) is 0 Å². The van der Waals surface area contributed by atoms with Gasteiger partial charge in [-0.1, -0.05) is 0 Å². The average molecular weight is 305 g/mol. The molecule has 3 aliphatic rings. The summed E-state index contributed by atoms with van der Waals surface area (Å²) < 4.78 is 1.99. The predicted molar refractivity (Wildman–Crippen MR) is 79.1 cm³/mol. The molecule has 8 heteroatoms. The van der Waals surface area contributed by atoms with Crippen LogP contribution in [0.4, 0.5) is 4.79 Å². The first-order valence-electron chi connectivity index (χ1n) is 8.23. The molecule has 0 N–H and O–H groups in total. The van der Waals surface area contributed by atoms with Gasteiger partial charge in [0.1, 0.15) is 0 Å². The van der Waals surface area contributed by atoms with Crippen LogP contribution < -0.4 is 0 Å². The Morgan fingerprint density at radius 2 is 1.82 bits per heavy atom. The number of nitrogens with zero attached hydrogens (tertiary/aromatic N) is 7. The summed E-state index contributed by atoms with van der Waals surface area (Å²) in [6.07, 6.45) is 4.49. The molecule has 2 saturated heterocycles. The average Bonchev–Trinajstić information content (AvgIpc) is 3.19. The molecule has 1 aliphatic carbocycles. The lowest BCUT2D eigenvalue weighted by atomic mass is 10.0. The van der Waals surface area contributed by atoms with E-state index < -0.39 is 0 Å². The zero-order valence-electron chi connectivity index (χ0n) is 13.1. The van der Waals surface area contributed by atoms with Crippen molar-refractivity contribution in [2.45, 2.75) is 44.3 Å². The van der Waals surface area contributed by atoms with Gasteiger partial charge < -0.3 is 9.80 Å². The van der Waals surface area contributed by atoms with E-state index in [-0.39, 0.29) is 6.03 Å². The Bertz CT molecular complexity index is 547. The first kappa shape index (κ1) is 13.9. The predicted octanol–water partition coefficient (Wildman–Crippen LogP) is 0.340. The van der Waals surface area contributed by atoms with Gasteiger partial charge in [0.15, 0.2) is 5.82 Å². The van der Waals surface area contributed by atoms with Crippen LogP contribution >= 0.6 is 0 Å². The van der Waals surface area contributed by atoms with Gasteiger partial charge in [-0.15, -0.1) is 5.10 Å². The first-order chi connectivity index (χ1) is 10.7. The van der Waals surface area contributed by atoms with Gasteiger partial charge >= 0.3 is 6.03 Å². The van der Waals surface area contributed by atoms with Crippen LogP contribution in [-0.2, 0) is 6.54 Å². The molecule has 1 aromatic rings. The van der Waals surface area contributed by atoms with E-state index >= 15 is 0 Å². The zero-order valence-corrected chi connectivity index (χ0v) is 13.1. The maximum atomic E-state index is 12.1. The highest BCUT2D eigenvalue weighted by molar-refractivity contribution is 5.76. The lowest BCUT2D eigenvalue weighted by Gasteiger charge is -2.36. The van der Waals surface area contributed by atoms with Crippen molar-refractivity contribution >= 4 is 6.03 Å². The lowest BCUT2D eigenvalue weighted by molar-refractivity contribution is 0.125. The van der Waals surface area contributed by atoms with Gasteiger partial charge in [0.2, 0.25) is 0 Å². The van der Waals surface area contributed by atoms with E-state index in [1.54, 1.807) is 0 Å². The van der Waals surface area contributed by atoms with Crippen LogP contribution in [0.2, 0.25) is 0 Å². The monoisotopic (exact) mass is 305 g/mol. The van der Waals surface area contributed by atoms with Crippen molar-refractivity contribution in [1.29, 1.82) is 0 Å². The molecule has 22 heavy (non-hydrogen) atoms. The summed E-state index contributed by atoms with van der Waals surface area (Å²) >= 11 is 0. The number of urea groups is 1. The number of likely N-dealkylation sites (N-methyl/N-ethyl adjacent to an activating group) is 1. The van der Waals surface area contributed by atoms with Crippen LogP contribution in [0.3, 0.4) is 0 Å². The third-order valence-electron chi connectivity index (χ3n) is 5.07. The Morgan fingerprint density at radius 1 is 1.05 bits per heavy atom. The van der Waals surface area contributed by atoms with Crippen molar-refractivity contribution in [3.05, 3.63) is 5.82 Å². The standard InChI is InChI=1S/C14H23N7O/c1-18-8-9-20(14(18)22)11-4-6-19(7-5-11)10-13-15-16-17-21(13)12-2-3-12/h11-12H,2-10H2,1H3. The van der Waals surface area contributed by atoms with Gasteiger partial charge in [-0.25, -0.2) is 9.48 Å². The third-order valence-corrected chi connectivity index (χ3v) is 5.07. The van der Waals surface area contributed by atoms with E-state index in [0.717, 1.165) is 51.4 Å². The molecule has 120 valence electrons. The van der Waals surface area contributed by atoms with E-state index in [4.69, 9.17) is 0 Å². The van der Waals surface area contributed by atoms with Crippen molar-refractivity contribution in [3.63, 3.8) is 0 Å². The van der Waals surface area contributed by atoms with Gasteiger partial charge in [-0.05, 0) is 36.1 Å². The van der Waals surface area contributed by atoms with E-state index in [9.17, 15) is 4.79 Å². The number of rotatable bonds is 4. The quantitative estimate of drug-likeness (QED) is 0.802. The normalized spacial score (nSPS) is 24.5. The smallest absolute Gasteiger partial charge is 0.320 e. The molecule has 2 aliphatic heterocycles. The van der Waals surface area contributed by atoms with Gasteiger partial charge in [-0.2, -0.15) is 0 Å². The van der Waals surface area contributed by atoms with Gasteiger partial charge in [0.25, 0.3) is 0 Å². The molecule has 0 atom stereocenters. The molecule has 1 saturated carbocycles. The Kier molecular flexibility index (Phi) is 3.48. The lowest BCUT2D eigenvalue weighted by Crippen LogP contribution is -2.46. The van der Waals surface area contributed by atoms with Crippen LogP contribution in [0.15, 0.2) is 0 Å². The second-order valence-corrected chi connectivity index (χ2v) is 6.68. The molecule has 2 amide bonds. The van der Waals surface area contributed by atoms with Crippen LogP contribution in [0, 0.1) is 0 Å². The maximum Gasteiger partial charge on any atom is 0.320 e. The Balaban J connectivity index is 1.32. The second kappa shape index (κ2) is 5.49. The third kappa shape index (κ3) is 2.55. The first-order valence-corrected chi connectivity index (χ1v) is 8.23. The Hall–Kier alpha value is -1.70. The molecule has 1 aromatic heterocycles. The maximum absolute atomic E-state index is 12.1. The number of tetrazole rings is 1. The fourth-order valence-corrected chi connectivity index (χ4v) is 3.52. The number of amides is 2. The number of piperidine rings is 1. The number of carbonyl (C=O) groups is 1. The fourth-order valence-electron chi connectivity index (χ4n) is 3.52. The summed E-state index contributed by atoms with van der Waals surface area (Å²) in [7, 11) is 1.88. The van der Waals surface area contributed by atoms with Crippen molar-refractivity contribution in [1.82, 2.24) is 34.9 Å². The molecule has 3 heterocycles. The van der Waals surface area contributed by atoms with E-state index in [0.29, 0.717) is 12.1 Å². The Labute approximate surface area is 130 Å². The topological polar surface area (TPSA) is 70.4 Å². The van der Waals surface area contributed by atoms with Crippen LogP contribution in [0.1, 0.15) is 37.5 Å². The highest BCUT2D eigenvalue weighted by atomic mass is 16.2. The number of carbonyl (C=O) groups excluding carboxylic acids is 1. The molecular weight excluding hydrogens is 282 g/mol. The molecule has 0 unspecified atom stereocenters. The van der Waals surface area contributed by atoms with Gasteiger partial charge in [0, 0.05) is 39.3 Å². The summed E-state index contributed by atoms with van der Waals surface area (Å²) in [5.74, 6) is 0.984. The summed E-state index contributed by atoms with van der Waals surface area (Å²) in [4.78, 5) is 18.3. The molecule has 3 fully saturated rings. The number of hydrogen-bond acceptors (Lipinski definition) is 5. The molecule has 8 nitrogen and oxygen atoms in total. The van der Waals surface area contributed by atoms with Gasteiger partial charge in [-0.3, -0.25) is 4.90 Å². The van der Waals surface area contributed by atoms with Crippen LogP contribution in [0.25, 0.3) is 0 Å². The minimum Gasteiger partial charge on any atom is -0.326 e. The molecule has 4 rings (SSSR count). The fraction of sp³-hybridized carbons (Fsp3) is 0.857. The van der Waals surface area contributed by atoms with Crippen LogP contribution in [-0.4, -0.2) is 80.2 Å². The van der Waals surface area contributed by atoms with E-state index in [1.165, 1.54) is 12.8 Å². The summed E-state index contributed by atoms with van der Waals surface area (Å²) in [5.41, 5.74) is 0. The molecular formula is C14H23N7O. The minimum atomic E-state index is 0.191. The number of aromatic nitrogens is 4. The zero-order chi connectivity index (χ0) is 15.1. The molecule has 0 aromatic carbocycles. The van der Waals surface area contributed by atoms with Crippen LogP contribution in [0.5, 0.6) is 0 Å². The summed E-state index contributed by atoms with van der Waals surface area (Å²) in [6.45, 7) is 4.57. The number of likely N-dealkylation sites (tertiary alicyclic amines) is 1. The van der Waals surface area contributed by atoms with Crippen molar-refractivity contribution in [3.8, 4) is 0 Å². The second-order valence-electron chi connectivity index (χ2n) is 6.68. The molecule has 0 bridgehead atoms. The largest absolute Gasteiger partial charge is 0.326 e. The summed E-state index contributed by atoms with van der Waals surface area (Å²) in [5, 5.41) is 12.1. The molecule has 0 radical (unpaired) electrons. The minimum absolute atomic E-state index is 0.191. The highest BCUT2D eigenvalue weighted by Gasteiger charge is 2.34. The molecule has 0 spiro atoms. The summed E-state index contributed by atoms with van der Waals surface area (Å²) in [6, 6.07) is 1.12. The van der Waals surface area contributed by atoms with E-state index in [1.807, 2.05) is 21.5 Å². The highest BCUT2D eigenvalue weighted by Crippen LogP contribution is 2.34.